The van der Waals surface area contributed by atoms with Crippen LogP contribution in [-0.2, 0) is 29.1 Å². The van der Waals surface area contributed by atoms with E-state index in [0.717, 1.165) is 5.56 Å². The Morgan fingerprint density at radius 3 is 2.77 bits per heavy atom. The van der Waals surface area contributed by atoms with Gasteiger partial charge in [0.2, 0.25) is 5.91 Å². The third-order valence-corrected chi connectivity index (χ3v) is 5.11. The monoisotopic (exact) mass is 426 g/mol. The van der Waals surface area contributed by atoms with Crippen LogP contribution in [0.2, 0.25) is 5.02 Å². The number of hydrogen-bond acceptors (Lipinski definition) is 5. The molecule has 0 saturated heterocycles. The first-order valence-electron chi connectivity index (χ1n) is 9.43. The zero-order chi connectivity index (χ0) is 21.1. The van der Waals surface area contributed by atoms with Gasteiger partial charge in [0, 0.05) is 19.2 Å². The summed E-state index contributed by atoms with van der Waals surface area (Å²) in [5.41, 5.74) is 2.27. The average Bonchev–Trinajstić information content (AvgIpc) is 2.77. The van der Waals surface area contributed by atoms with Crippen LogP contribution in [0.1, 0.15) is 16.8 Å². The van der Waals surface area contributed by atoms with E-state index in [-0.39, 0.29) is 31.2 Å². The molecule has 2 amide bonds. The van der Waals surface area contributed by atoms with E-state index in [0.29, 0.717) is 34.9 Å². The van der Waals surface area contributed by atoms with E-state index >= 15 is 0 Å². The predicted molar refractivity (Wildman–Crippen MR) is 110 cm³/mol. The molecule has 3 heterocycles. The summed E-state index contributed by atoms with van der Waals surface area (Å²) < 4.78 is 6.49. The number of nitrogens with zero attached hydrogens (tertiary/aromatic N) is 3. The zero-order valence-corrected chi connectivity index (χ0v) is 16.8. The summed E-state index contributed by atoms with van der Waals surface area (Å²) >= 11 is 5.98. The molecule has 8 nitrogen and oxygen atoms in total. The molecule has 3 aromatic rings. The van der Waals surface area contributed by atoms with E-state index in [2.05, 4.69) is 10.3 Å². The van der Waals surface area contributed by atoms with Gasteiger partial charge in [-0.3, -0.25) is 14.0 Å². The van der Waals surface area contributed by atoms with Crippen LogP contribution in [0.25, 0.3) is 5.65 Å². The van der Waals surface area contributed by atoms with Crippen LogP contribution in [0.5, 0.6) is 0 Å². The van der Waals surface area contributed by atoms with Crippen LogP contribution in [-0.4, -0.2) is 39.4 Å². The van der Waals surface area contributed by atoms with Gasteiger partial charge in [0.15, 0.2) is 0 Å². The lowest BCUT2D eigenvalue weighted by atomic mass is 10.1. The average molecular weight is 427 g/mol. The van der Waals surface area contributed by atoms with Crippen molar-refractivity contribution in [3.63, 3.8) is 0 Å². The minimum Gasteiger partial charge on any atom is -0.445 e. The Bertz CT molecular complexity index is 1160. The van der Waals surface area contributed by atoms with Gasteiger partial charge in [-0.15, -0.1) is 0 Å². The van der Waals surface area contributed by atoms with Crippen molar-refractivity contribution in [3.8, 4) is 0 Å². The number of rotatable bonds is 4. The Labute approximate surface area is 177 Å². The summed E-state index contributed by atoms with van der Waals surface area (Å²) in [6.07, 6.45) is 1.30. The molecule has 0 atom stereocenters. The Morgan fingerprint density at radius 2 is 1.97 bits per heavy atom. The molecular weight excluding hydrogens is 408 g/mol. The highest BCUT2D eigenvalue weighted by Crippen LogP contribution is 2.16. The third kappa shape index (κ3) is 4.28. The van der Waals surface area contributed by atoms with E-state index in [1.165, 1.54) is 15.5 Å². The Morgan fingerprint density at radius 1 is 1.17 bits per heavy atom. The van der Waals surface area contributed by atoms with Crippen molar-refractivity contribution in [3.05, 3.63) is 80.9 Å². The number of hydrogen-bond donors (Lipinski definition) is 1. The molecule has 9 heteroatoms. The Hall–Kier alpha value is -3.39. The number of nitrogens with one attached hydrogen (secondary N) is 1. The van der Waals surface area contributed by atoms with Gasteiger partial charge >= 0.3 is 6.09 Å². The molecule has 1 N–H and O–H groups in total. The maximum Gasteiger partial charge on any atom is 0.407 e. The first-order chi connectivity index (χ1) is 14.5. The zero-order valence-electron chi connectivity index (χ0n) is 16.0. The number of ether oxygens (including phenoxy) is 1. The largest absolute Gasteiger partial charge is 0.445 e. The van der Waals surface area contributed by atoms with Crippen molar-refractivity contribution in [2.75, 3.05) is 13.1 Å². The summed E-state index contributed by atoms with van der Waals surface area (Å²) in [4.78, 5) is 43.2. The smallest absolute Gasteiger partial charge is 0.407 e. The molecule has 154 valence electrons. The highest BCUT2D eigenvalue weighted by Gasteiger charge is 2.25. The molecule has 0 unspecified atom stereocenters. The van der Waals surface area contributed by atoms with E-state index < -0.39 is 6.09 Å². The number of pyridine rings is 1. The number of carbonyl (C=O) groups excluding carboxylic acids is 2. The molecular formula is C21H19ClN4O4. The molecule has 1 aromatic carbocycles. The summed E-state index contributed by atoms with van der Waals surface area (Å²) in [7, 11) is 0. The van der Waals surface area contributed by atoms with E-state index in [1.807, 2.05) is 30.3 Å². The van der Waals surface area contributed by atoms with Crippen LogP contribution in [0.15, 0.2) is 53.5 Å². The second-order valence-corrected chi connectivity index (χ2v) is 7.33. The van der Waals surface area contributed by atoms with Crippen LogP contribution in [0.3, 0.4) is 0 Å². The first kappa shape index (κ1) is 19.9. The fourth-order valence-corrected chi connectivity index (χ4v) is 3.48. The lowest BCUT2D eigenvalue weighted by Gasteiger charge is -2.28. The van der Waals surface area contributed by atoms with Crippen molar-refractivity contribution >= 4 is 29.2 Å². The second kappa shape index (κ2) is 8.54. The second-order valence-electron chi connectivity index (χ2n) is 6.90. The van der Waals surface area contributed by atoms with Gasteiger partial charge in [-0.25, -0.2) is 9.78 Å². The van der Waals surface area contributed by atoms with Gasteiger partial charge in [0.05, 0.1) is 22.8 Å². The van der Waals surface area contributed by atoms with Crippen molar-refractivity contribution in [2.45, 2.75) is 19.6 Å². The number of carbonyl (C=O) groups is 2. The molecule has 0 bridgehead atoms. The van der Waals surface area contributed by atoms with Gasteiger partial charge in [0.1, 0.15) is 18.8 Å². The summed E-state index contributed by atoms with van der Waals surface area (Å²) in [5, 5.41) is 2.88. The molecule has 0 aliphatic carbocycles. The van der Waals surface area contributed by atoms with E-state index in [4.69, 9.17) is 16.3 Å². The molecule has 0 fully saturated rings. The van der Waals surface area contributed by atoms with E-state index in [9.17, 15) is 14.4 Å². The van der Waals surface area contributed by atoms with Crippen molar-refractivity contribution in [2.24, 2.45) is 0 Å². The lowest BCUT2D eigenvalue weighted by Crippen LogP contribution is -2.44. The SMILES string of the molecule is O=C(NCC(=O)N1CCc2nc3ccc(Cl)cn3c(=O)c2C1)OCc1ccccc1. The molecule has 2 aromatic heterocycles. The normalized spacial score (nSPS) is 13.0. The van der Waals surface area contributed by atoms with Gasteiger partial charge in [-0.05, 0) is 17.7 Å². The predicted octanol–water partition coefficient (Wildman–Crippen LogP) is 2.16. The fraction of sp³-hybridized carbons (Fsp3) is 0.238. The van der Waals surface area contributed by atoms with Crippen LogP contribution < -0.4 is 10.9 Å². The third-order valence-electron chi connectivity index (χ3n) is 4.88. The lowest BCUT2D eigenvalue weighted by molar-refractivity contribution is -0.131. The highest BCUT2D eigenvalue weighted by atomic mass is 35.5. The Kier molecular flexibility index (Phi) is 5.67. The van der Waals surface area contributed by atoms with Gasteiger partial charge in [-0.1, -0.05) is 41.9 Å². The Balaban J connectivity index is 1.37. The summed E-state index contributed by atoms with van der Waals surface area (Å²) in [6, 6.07) is 12.6. The minimum absolute atomic E-state index is 0.121. The van der Waals surface area contributed by atoms with Crippen LogP contribution in [0, 0.1) is 0 Å². The minimum atomic E-state index is -0.674. The maximum absolute atomic E-state index is 12.8. The van der Waals surface area contributed by atoms with Crippen LogP contribution in [0.4, 0.5) is 4.79 Å². The molecule has 1 aliphatic heterocycles. The summed E-state index contributed by atoms with van der Waals surface area (Å²) in [6.45, 7) is 0.464. The highest BCUT2D eigenvalue weighted by molar-refractivity contribution is 6.30. The molecule has 0 spiro atoms. The van der Waals surface area contributed by atoms with Crippen molar-refractivity contribution in [1.29, 1.82) is 0 Å². The van der Waals surface area contributed by atoms with Crippen LogP contribution >= 0.6 is 11.6 Å². The molecule has 1 aliphatic rings. The number of alkyl carbamates (subject to hydrolysis) is 1. The molecule has 0 saturated carbocycles. The fourth-order valence-electron chi connectivity index (χ4n) is 3.32. The standard InChI is InChI=1S/C21H19ClN4O4/c22-15-6-7-18-24-17-8-9-25(12-16(17)20(28)26(18)11-15)19(27)10-23-21(29)30-13-14-4-2-1-3-5-14/h1-7,11H,8-10,12-13H2,(H,23,29). The van der Waals surface area contributed by atoms with Crippen molar-refractivity contribution in [1.82, 2.24) is 19.6 Å². The van der Waals surface area contributed by atoms with Gasteiger partial charge < -0.3 is 15.0 Å². The first-order valence-corrected chi connectivity index (χ1v) is 9.81. The number of halogens is 1. The quantitative estimate of drug-likeness (QED) is 0.690. The molecule has 0 radical (unpaired) electrons. The molecule has 30 heavy (non-hydrogen) atoms. The number of benzene rings is 1. The number of amides is 2. The molecule has 4 rings (SSSR count). The summed E-state index contributed by atoms with van der Waals surface area (Å²) in [5.74, 6) is -0.298. The van der Waals surface area contributed by atoms with Gasteiger partial charge in [0.25, 0.3) is 5.56 Å². The number of aromatic nitrogens is 2. The van der Waals surface area contributed by atoms with Gasteiger partial charge in [-0.2, -0.15) is 0 Å². The van der Waals surface area contributed by atoms with Crippen molar-refractivity contribution < 1.29 is 14.3 Å². The van der Waals surface area contributed by atoms with E-state index in [1.54, 1.807) is 12.1 Å². The maximum atomic E-state index is 12.8. The topological polar surface area (TPSA) is 93.0 Å². The number of fused-ring (bicyclic) bond motifs is 2.